The highest BCUT2D eigenvalue weighted by Crippen LogP contribution is 2.16. The molecule has 20 heavy (non-hydrogen) atoms. The molecule has 0 bridgehead atoms. The first kappa shape index (κ1) is 13.1. The van der Waals surface area contributed by atoms with Crippen LogP contribution in [0.4, 0.5) is 5.82 Å². The molecular weight excluding hydrogens is 254 g/mol. The van der Waals surface area contributed by atoms with Crippen LogP contribution in [0.3, 0.4) is 0 Å². The van der Waals surface area contributed by atoms with Crippen molar-refractivity contribution in [1.29, 1.82) is 0 Å². The summed E-state index contributed by atoms with van der Waals surface area (Å²) >= 11 is 0. The normalized spacial score (nSPS) is 15.8. The molecule has 0 N–H and O–H groups in total. The number of pyridine rings is 1. The minimum atomic E-state index is -0.0464. The summed E-state index contributed by atoms with van der Waals surface area (Å²) in [5.41, 5.74) is 2.70. The van der Waals surface area contributed by atoms with E-state index in [2.05, 4.69) is 16.8 Å². The van der Waals surface area contributed by atoms with Crippen molar-refractivity contribution in [2.75, 3.05) is 31.2 Å². The summed E-state index contributed by atoms with van der Waals surface area (Å²) in [7, 11) is 0. The van der Waals surface area contributed by atoms with E-state index in [0.29, 0.717) is 25.3 Å². The van der Waals surface area contributed by atoms with E-state index in [1.165, 1.54) is 0 Å². The molecule has 105 valence electrons. The van der Waals surface area contributed by atoms with Gasteiger partial charge in [-0.2, -0.15) is 0 Å². The van der Waals surface area contributed by atoms with Gasteiger partial charge in [0.1, 0.15) is 11.5 Å². The second-order valence-corrected chi connectivity index (χ2v) is 5.04. The number of morpholine rings is 1. The van der Waals surface area contributed by atoms with Crippen molar-refractivity contribution in [3.8, 4) is 0 Å². The van der Waals surface area contributed by atoms with Crippen LogP contribution in [0.25, 0.3) is 5.65 Å². The minimum Gasteiger partial charge on any atom is -0.378 e. The summed E-state index contributed by atoms with van der Waals surface area (Å²) in [6.45, 7) is 8.80. The highest BCUT2D eigenvalue weighted by Gasteiger charge is 2.15. The number of ether oxygens (including phenoxy) is 1. The van der Waals surface area contributed by atoms with Crippen molar-refractivity contribution in [2.45, 2.75) is 13.3 Å². The van der Waals surface area contributed by atoms with E-state index in [-0.39, 0.29) is 5.56 Å². The van der Waals surface area contributed by atoms with E-state index in [0.717, 1.165) is 30.0 Å². The number of rotatable bonds is 2. The van der Waals surface area contributed by atoms with Crippen LogP contribution in [0.1, 0.15) is 11.1 Å². The monoisotopic (exact) mass is 272 g/mol. The highest BCUT2D eigenvalue weighted by atomic mass is 16.5. The minimum absolute atomic E-state index is 0.0464. The van der Waals surface area contributed by atoms with Gasteiger partial charge in [0.15, 0.2) is 0 Å². The third-order valence-electron chi connectivity index (χ3n) is 3.56. The molecule has 0 unspecified atom stereocenters. The Kier molecular flexibility index (Phi) is 3.44. The molecule has 0 amide bonds. The highest BCUT2D eigenvalue weighted by molar-refractivity contribution is 5.54. The summed E-state index contributed by atoms with van der Waals surface area (Å²) < 4.78 is 6.95. The molecule has 1 aliphatic heterocycles. The fraction of sp³-hybridized carbons (Fsp3) is 0.400. The van der Waals surface area contributed by atoms with E-state index in [1.54, 1.807) is 10.5 Å². The molecule has 0 spiro atoms. The molecule has 5 nitrogen and oxygen atoms in total. The quantitative estimate of drug-likeness (QED) is 0.824. The topological polar surface area (TPSA) is 46.8 Å². The molecule has 0 aliphatic carbocycles. The number of nitrogens with zero attached hydrogens (tertiary/aromatic N) is 3. The average Bonchev–Trinajstić information content (AvgIpc) is 2.48. The number of anilines is 1. The van der Waals surface area contributed by atoms with E-state index >= 15 is 0 Å². The summed E-state index contributed by atoms with van der Waals surface area (Å²) in [6, 6.07) is 3.64. The lowest BCUT2D eigenvalue weighted by molar-refractivity contribution is 0.122. The van der Waals surface area contributed by atoms with Gasteiger partial charge >= 0.3 is 0 Å². The molecule has 2 aromatic rings. The van der Waals surface area contributed by atoms with E-state index in [4.69, 9.17) is 4.74 Å². The van der Waals surface area contributed by atoms with Gasteiger partial charge in [-0.05, 0) is 31.4 Å². The third-order valence-corrected chi connectivity index (χ3v) is 3.56. The molecule has 0 saturated carbocycles. The van der Waals surface area contributed by atoms with Crippen molar-refractivity contribution >= 4 is 11.5 Å². The van der Waals surface area contributed by atoms with Gasteiger partial charge < -0.3 is 9.64 Å². The summed E-state index contributed by atoms with van der Waals surface area (Å²) in [6.07, 6.45) is 2.44. The van der Waals surface area contributed by atoms with Crippen LogP contribution in [0.15, 0.2) is 23.1 Å². The first-order valence-electron chi connectivity index (χ1n) is 6.84. The standard InChI is InChI=1S/C15H18N3O2/c1-3-12-8-11(2)10-18-14(19)9-13(16-15(12)18)17-4-6-20-7-5-17/h8-10H,1,3-7H2,2H3. The van der Waals surface area contributed by atoms with Crippen molar-refractivity contribution in [3.05, 3.63) is 46.7 Å². The second-order valence-electron chi connectivity index (χ2n) is 5.04. The number of aromatic nitrogens is 2. The molecule has 1 fully saturated rings. The molecule has 2 aromatic heterocycles. The van der Waals surface area contributed by atoms with Crippen LogP contribution in [0, 0.1) is 13.8 Å². The predicted octanol–water partition coefficient (Wildman–Crippen LogP) is 1.22. The number of hydrogen-bond acceptors (Lipinski definition) is 4. The molecule has 0 atom stereocenters. The Morgan fingerprint density at radius 1 is 1.35 bits per heavy atom. The fourth-order valence-electron chi connectivity index (χ4n) is 2.55. The summed E-state index contributed by atoms with van der Waals surface area (Å²) in [5, 5.41) is 0. The summed E-state index contributed by atoms with van der Waals surface area (Å²) in [5.74, 6) is 0.733. The summed E-state index contributed by atoms with van der Waals surface area (Å²) in [4.78, 5) is 19.1. The second kappa shape index (κ2) is 5.25. The Morgan fingerprint density at radius 2 is 2.10 bits per heavy atom. The van der Waals surface area contributed by atoms with Gasteiger partial charge in [0, 0.05) is 25.4 Å². The van der Waals surface area contributed by atoms with Crippen molar-refractivity contribution in [2.24, 2.45) is 0 Å². The Balaban J connectivity index is 2.17. The maximum Gasteiger partial charge on any atom is 0.259 e. The van der Waals surface area contributed by atoms with Crippen LogP contribution in [-0.4, -0.2) is 35.7 Å². The van der Waals surface area contributed by atoms with Crippen LogP contribution in [0.2, 0.25) is 0 Å². The van der Waals surface area contributed by atoms with Crippen molar-refractivity contribution in [1.82, 2.24) is 9.38 Å². The SMILES string of the molecule is [CH2]Cc1cc(C)cn2c(=O)cc(N3CCOCC3)nc12. The van der Waals surface area contributed by atoms with Gasteiger partial charge in [-0.15, -0.1) is 0 Å². The Morgan fingerprint density at radius 3 is 2.80 bits per heavy atom. The van der Waals surface area contributed by atoms with Gasteiger partial charge in [-0.3, -0.25) is 9.20 Å². The Bertz CT molecular complexity index is 687. The first-order chi connectivity index (χ1) is 9.69. The van der Waals surface area contributed by atoms with Gasteiger partial charge in [0.2, 0.25) is 0 Å². The Labute approximate surface area is 117 Å². The molecule has 0 aromatic carbocycles. The van der Waals surface area contributed by atoms with Crippen LogP contribution in [0.5, 0.6) is 0 Å². The number of hydrogen-bond donors (Lipinski definition) is 0. The van der Waals surface area contributed by atoms with Crippen LogP contribution in [-0.2, 0) is 11.2 Å². The Hall–Kier alpha value is -1.88. The van der Waals surface area contributed by atoms with E-state index < -0.39 is 0 Å². The van der Waals surface area contributed by atoms with Crippen molar-refractivity contribution in [3.63, 3.8) is 0 Å². The van der Waals surface area contributed by atoms with Gasteiger partial charge in [0.25, 0.3) is 5.56 Å². The maximum atomic E-state index is 12.3. The molecule has 5 heteroatoms. The number of aryl methyl sites for hydroxylation is 1. The van der Waals surface area contributed by atoms with Gasteiger partial charge in [-0.1, -0.05) is 6.07 Å². The molecular formula is C15H18N3O2. The maximum absolute atomic E-state index is 12.3. The lowest BCUT2D eigenvalue weighted by atomic mass is 10.1. The molecule has 1 aliphatic rings. The average molecular weight is 272 g/mol. The zero-order valence-electron chi connectivity index (χ0n) is 11.6. The van der Waals surface area contributed by atoms with Crippen LogP contribution < -0.4 is 10.5 Å². The zero-order valence-corrected chi connectivity index (χ0v) is 11.6. The number of fused-ring (bicyclic) bond motifs is 1. The smallest absolute Gasteiger partial charge is 0.259 e. The molecule has 1 radical (unpaired) electrons. The third kappa shape index (κ3) is 2.29. The molecule has 3 rings (SSSR count). The van der Waals surface area contributed by atoms with Crippen molar-refractivity contribution < 1.29 is 4.74 Å². The first-order valence-corrected chi connectivity index (χ1v) is 6.84. The molecule has 1 saturated heterocycles. The molecule has 3 heterocycles. The van der Waals surface area contributed by atoms with E-state index in [1.807, 2.05) is 19.2 Å². The van der Waals surface area contributed by atoms with Gasteiger partial charge in [0.05, 0.1) is 13.2 Å². The lowest BCUT2D eigenvalue weighted by Crippen LogP contribution is -2.37. The predicted molar refractivity (Wildman–Crippen MR) is 78.3 cm³/mol. The lowest BCUT2D eigenvalue weighted by Gasteiger charge is -2.27. The largest absolute Gasteiger partial charge is 0.378 e. The fourth-order valence-corrected chi connectivity index (χ4v) is 2.55. The van der Waals surface area contributed by atoms with Gasteiger partial charge in [-0.25, -0.2) is 4.98 Å². The van der Waals surface area contributed by atoms with Crippen LogP contribution >= 0.6 is 0 Å². The zero-order chi connectivity index (χ0) is 14.1. The van der Waals surface area contributed by atoms with E-state index in [9.17, 15) is 4.79 Å².